The number of amides is 1. The molecule has 5 nitrogen and oxygen atoms in total. The monoisotopic (exact) mass is 510 g/mol. The molecule has 38 heavy (non-hydrogen) atoms. The van der Waals surface area contributed by atoms with Crippen LogP contribution in [0.2, 0.25) is 0 Å². The summed E-state index contributed by atoms with van der Waals surface area (Å²) in [5, 5.41) is 3.25. The molecule has 2 aliphatic carbocycles. The van der Waals surface area contributed by atoms with E-state index in [2.05, 4.69) is 43.4 Å². The second kappa shape index (κ2) is 10.6. The normalized spacial score (nSPS) is 24.4. The Labute approximate surface area is 226 Å². The minimum Gasteiger partial charge on any atom is -0.465 e. The van der Waals surface area contributed by atoms with E-state index in [9.17, 15) is 9.59 Å². The molecule has 2 saturated carbocycles. The standard InChI is InChI=1S/C33H38N2O3/c1-22-17-24-18-23(2)20-33(19-22,21-24)26-11-15-28(16-12-26)35(3)31(36)25-9-13-27(14-10-25)34-30-8-6-5-7-29(30)32(37)38-4/h5-16,22-24,34H,17-21H2,1-4H3. The lowest BCUT2D eigenvalue weighted by Gasteiger charge is -2.50. The lowest BCUT2D eigenvalue weighted by Crippen LogP contribution is -2.42. The van der Waals surface area contributed by atoms with Crippen molar-refractivity contribution in [2.45, 2.75) is 51.4 Å². The Bertz CT molecular complexity index is 1280. The van der Waals surface area contributed by atoms with E-state index in [1.165, 1.54) is 44.8 Å². The van der Waals surface area contributed by atoms with Gasteiger partial charge in [-0.15, -0.1) is 0 Å². The minimum atomic E-state index is -0.400. The van der Waals surface area contributed by atoms with Crippen LogP contribution in [-0.4, -0.2) is 26.0 Å². The van der Waals surface area contributed by atoms with E-state index in [0.717, 1.165) is 29.1 Å². The molecule has 2 unspecified atom stereocenters. The van der Waals surface area contributed by atoms with Crippen LogP contribution in [0.15, 0.2) is 72.8 Å². The van der Waals surface area contributed by atoms with Crippen LogP contribution in [0.1, 0.15) is 72.2 Å². The molecule has 2 atom stereocenters. The van der Waals surface area contributed by atoms with Crippen molar-refractivity contribution in [3.05, 3.63) is 89.5 Å². The number of anilines is 3. The highest BCUT2D eigenvalue weighted by molar-refractivity contribution is 6.06. The highest BCUT2D eigenvalue weighted by atomic mass is 16.5. The van der Waals surface area contributed by atoms with Gasteiger partial charge in [-0.3, -0.25) is 4.79 Å². The Morgan fingerprint density at radius 3 is 2.13 bits per heavy atom. The van der Waals surface area contributed by atoms with Crippen molar-refractivity contribution in [1.82, 2.24) is 0 Å². The molecule has 5 heteroatoms. The van der Waals surface area contributed by atoms with Crippen LogP contribution in [0.4, 0.5) is 17.1 Å². The van der Waals surface area contributed by atoms with Gasteiger partial charge in [-0.2, -0.15) is 0 Å². The quantitative estimate of drug-likeness (QED) is 0.347. The van der Waals surface area contributed by atoms with Crippen LogP contribution in [0.25, 0.3) is 0 Å². The number of fused-ring (bicyclic) bond motifs is 2. The average Bonchev–Trinajstić information content (AvgIpc) is 2.92. The second-order valence-corrected chi connectivity index (χ2v) is 11.6. The van der Waals surface area contributed by atoms with Gasteiger partial charge >= 0.3 is 5.97 Å². The number of carbonyl (C=O) groups is 2. The molecule has 2 bridgehead atoms. The summed E-state index contributed by atoms with van der Waals surface area (Å²) in [6, 6.07) is 23.2. The SMILES string of the molecule is COC(=O)c1ccccc1Nc1ccc(C(=O)N(C)c2ccc(C34CC(C)CC(CC(C)C3)C4)cc2)cc1. The van der Waals surface area contributed by atoms with Gasteiger partial charge in [0.1, 0.15) is 0 Å². The maximum atomic E-state index is 13.3. The molecule has 1 N–H and O–H groups in total. The molecule has 3 aromatic carbocycles. The summed E-state index contributed by atoms with van der Waals surface area (Å²) in [7, 11) is 3.20. The third kappa shape index (κ3) is 5.20. The molecule has 2 fully saturated rings. The van der Waals surface area contributed by atoms with Crippen LogP contribution in [0.5, 0.6) is 0 Å². The summed E-state index contributed by atoms with van der Waals surface area (Å²) >= 11 is 0. The average molecular weight is 511 g/mol. The number of para-hydroxylation sites is 1. The fourth-order valence-electron chi connectivity index (χ4n) is 7.14. The van der Waals surface area contributed by atoms with Crippen molar-refractivity contribution >= 4 is 28.9 Å². The number of esters is 1. The first-order chi connectivity index (χ1) is 18.3. The van der Waals surface area contributed by atoms with Gasteiger partial charge < -0.3 is 15.0 Å². The topological polar surface area (TPSA) is 58.6 Å². The Morgan fingerprint density at radius 1 is 0.868 bits per heavy atom. The van der Waals surface area contributed by atoms with Crippen LogP contribution in [0.3, 0.4) is 0 Å². The van der Waals surface area contributed by atoms with Crippen LogP contribution in [0, 0.1) is 17.8 Å². The lowest BCUT2D eigenvalue weighted by atomic mass is 9.54. The smallest absolute Gasteiger partial charge is 0.339 e. The van der Waals surface area contributed by atoms with Crippen molar-refractivity contribution < 1.29 is 14.3 Å². The molecular weight excluding hydrogens is 472 g/mol. The minimum absolute atomic E-state index is 0.0601. The highest BCUT2D eigenvalue weighted by Gasteiger charge is 2.45. The maximum Gasteiger partial charge on any atom is 0.339 e. The van der Waals surface area contributed by atoms with Crippen molar-refractivity contribution in [3.8, 4) is 0 Å². The number of carbonyl (C=O) groups excluding carboxylic acids is 2. The van der Waals surface area contributed by atoms with Gasteiger partial charge in [0.25, 0.3) is 5.91 Å². The van der Waals surface area contributed by atoms with E-state index in [-0.39, 0.29) is 11.3 Å². The second-order valence-electron chi connectivity index (χ2n) is 11.6. The third-order valence-electron chi connectivity index (χ3n) is 8.54. The number of benzene rings is 3. The summed E-state index contributed by atoms with van der Waals surface area (Å²) < 4.78 is 4.87. The lowest BCUT2D eigenvalue weighted by molar-refractivity contribution is 0.0601. The molecule has 0 aromatic heterocycles. The molecule has 0 heterocycles. The van der Waals surface area contributed by atoms with Gasteiger partial charge in [-0.25, -0.2) is 4.79 Å². The number of hydrogen-bond donors (Lipinski definition) is 1. The first-order valence-corrected chi connectivity index (χ1v) is 13.7. The highest BCUT2D eigenvalue weighted by Crippen LogP contribution is 2.54. The number of rotatable bonds is 6. The van der Waals surface area contributed by atoms with Crippen molar-refractivity contribution in [2.75, 3.05) is 24.4 Å². The van der Waals surface area contributed by atoms with E-state index >= 15 is 0 Å². The van der Waals surface area contributed by atoms with Crippen molar-refractivity contribution in [2.24, 2.45) is 17.8 Å². The van der Waals surface area contributed by atoms with Crippen molar-refractivity contribution in [3.63, 3.8) is 0 Å². The number of nitrogens with zero attached hydrogens (tertiary/aromatic N) is 1. The Balaban J connectivity index is 1.29. The van der Waals surface area contributed by atoms with Crippen LogP contribution < -0.4 is 10.2 Å². The summed E-state index contributed by atoms with van der Waals surface area (Å²) in [6.45, 7) is 4.83. The van der Waals surface area contributed by atoms with Gasteiger partial charge in [-0.05, 0) is 109 Å². The third-order valence-corrected chi connectivity index (χ3v) is 8.54. The van der Waals surface area contributed by atoms with E-state index in [4.69, 9.17) is 4.74 Å². The molecular formula is C33H38N2O3. The van der Waals surface area contributed by atoms with Crippen LogP contribution in [-0.2, 0) is 10.2 Å². The molecule has 1 amide bonds. The van der Waals surface area contributed by atoms with Gasteiger partial charge in [0.05, 0.1) is 18.4 Å². The fraction of sp³-hybridized carbons (Fsp3) is 0.394. The predicted molar refractivity (Wildman–Crippen MR) is 153 cm³/mol. The van der Waals surface area contributed by atoms with Gasteiger partial charge in [0.15, 0.2) is 0 Å². The molecule has 0 radical (unpaired) electrons. The summed E-state index contributed by atoms with van der Waals surface area (Å²) in [6.07, 6.45) is 6.58. The molecule has 0 aliphatic heterocycles. The Kier molecular flexibility index (Phi) is 7.29. The van der Waals surface area contributed by atoms with E-state index in [0.29, 0.717) is 16.8 Å². The van der Waals surface area contributed by atoms with E-state index < -0.39 is 5.97 Å². The predicted octanol–water partition coefficient (Wildman–Crippen LogP) is 7.60. The molecule has 2 aliphatic rings. The van der Waals surface area contributed by atoms with Crippen molar-refractivity contribution in [1.29, 1.82) is 0 Å². The molecule has 0 saturated heterocycles. The maximum absolute atomic E-state index is 13.3. The molecule has 0 spiro atoms. The zero-order valence-electron chi connectivity index (χ0n) is 22.9. The summed E-state index contributed by atoms with van der Waals surface area (Å²) in [5.74, 6) is 1.93. The van der Waals surface area contributed by atoms with E-state index in [1.54, 1.807) is 17.0 Å². The van der Waals surface area contributed by atoms with Gasteiger partial charge in [-0.1, -0.05) is 38.1 Å². The summed E-state index contributed by atoms with van der Waals surface area (Å²) in [4.78, 5) is 27.1. The zero-order chi connectivity index (χ0) is 26.9. The number of hydrogen-bond acceptors (Lipinski definition) is 4. The Hall–Kier alpha value is -3.60. The van der Waals surface area contributed by atoms with Gasteiger partial charge in [0, 0.05) is 24.0 Å². The molecule has 3 aromatic rings. The van der Waals surface area contributed by atoms with Gasteiger partial charge in [0.2, 0.25) is 0 Å². The first kappa shape index (κ1) is 26.0. The molecule has 5 rings (SSSR count). The largest absolute Gasteiger partial charge is 0.465 e. The number of methoxy groups -OCH3 is 1. The summed E-state index contributed by atoms with van der Waals surface area (Å²) in [5.41, 5.74) is 5.12. The Morgan fingerprint density at radius 2 is 1.50 bits per heavy atom. The zero-order valence-corrected chi connectivity index (χ0v) is 22.9. The molecule has 198 valence electrons. The number of ether oxygens (including phenoxy) is 1. The first-order valence-electron chi connectivity index (χ1n) is 13.7. The van der Waals surface area contributed by atoms with Crippen LogP contribution >= 0.6 is 0 Å². The van der Waals surface area contributed by atoms with E-state index in [1.807, 2.05) is 43.4 Å². The fourth-order valence-corrected chi connectivity index (χ4v) is 7.14. The number of nitrogens with one attached hydrogen (secondary N) is 1.